The third kappa shape index (κ3) is 4.49. The molecule has 0 radical (unpaired) electrons. The van der Waals surface area contributed by atoms with Crippen LogP contribution in [0.1, 0.15) is 17.3 Å². The number of nitrogens with two attached hydrogens (primary N) is 1. The van der Waals surface area contributed by atoms with E-state index < -0.39 is 0 Å². The van der Waals surface area contributed by atoms with Crippen molar-refractivity contribution in [1.29, 1.82) is 0 Å². The normalized spacial score (nSPS) is 10.7. The molecule has 3 rings (SSSR count). The number of carbonyl (C=O) groups excluding carboxylic acids is 1. The van der Waals surface area contributed by atoms with Crippen molar-refractivity contribution in [1.82, 2.24) is 9.97 Å². The maximum atomic E-state index is 11.5. The second-order valence-corrected chi connectivity index (χ2v) is 5.11. The number of ether oxygens (including phenoxy) is 1. The second kappa shape index (κ2) is 8.50. The van der Waals surface area contributed by atoms with Crippen molar-refractivity contribution < 1.29 is 9.53 Å². The molecule has 3 aromatic rings. The van der Waals surface area contributed by atoms with E-state index in [2.05, 4.69) is 19.7 Å². The average Bonchev–Trinajstić information content (AvgIpc) is 2.97. The molecule has 0 bridgehead atoms. The first-order chi connectivity index (χ1) is 11.1. The third-order valence-corrected chi connectivity index (χ3v) is 3.35. The molecule has 25 heavy (non-hydrogen) atoms. The highest BCUT2D eigenvalue weighted by molar-refractivity contribution is 5.90. The van der Waals surface area contributed by atoms with Crippen LogP contribution >= 0.6 is 24.8 Å². The Bertz CT molecular complexity index is 901. The van der Waals surface area contributed by atoms with Crippen LogP contribution in [0.2, 0.25) is 0 Å². The Balaban J connectivity index is 0.00000156. The van der Waals surface area contributed by atoms with E-state index in [-0.39, 0.29) is 30.8 Å². The largest absolute Gasteiger partial charge is 0.465 e. The van der Waals surface area contributed by atoms with Crippen LogP contribution < -0.4 is 5.73 Å². The van der Waals surface area contributed by atoms with E-state index in [1.165, 1.54) is 7.11 Å². The fourth-order valence-corrected chi connectivity index (χ4v) is 2.29. The Morgan fingerprint density at radius 1 is 1.16 bits per heavy atom. The summed E-state index contributed by atoms with van der Waals surface area (Å²) in [5, 5.41) is 0. The number of H-pyrrole nitrogens is 1. The number of aromatic amines is 1. The predicted molar refractivity (Wildman–Crippen MR) is 104 cm³/mol. The minimum Gasteiger partial charge on any atom is -0.465 e. The Morgan fingerprint density at radius 3 is 2.44 bits per heavy atom. The molecule has 0 amide bonds. The summed E-state index contributed by atoms with van der Waals surface area (Å²) in [7, 11) is 1.36. The van der Waals surface area contributed by atoms with Gasteiger partial charge in [-0.25, -0.2) is 14.8 Å². The van der Waals surface area contributed by atoms with E-state index in [0.717, 1.165) is 28.1 Å². The van der Waals surface area contributed by atoms with Gasteiger partial charge in [-0.2, -0.15) is 0 Å². The summed E-state index contributed by atoms with van der Waals surface area (Å²) >= 11 is 0. The molecule has 0 spiro atoms. The summed E-state index contributed by atoms with van der Waals surface area (Å²) in [6.45, 7) is 1.74. The lowest BCUT2D eigenvalue weighted by Crippen LogP contribution is -2.03. The number of hydrogen-bond acceptors (Lipinski definition) is 4. The molecule has 0 aliphatic heterocycles. The number of carbonyl (C=O) groups is 1. The zero-order chi connectivity index (χ0) is 16.4. The fourth-order valence-electron chi connectivity index (χ4n) is 2.29. The summed E-state index contributed by atoms with van der Waals surface area (Å²) in [6.07, 6.45) is 0. The van der Waals surface area contributed by atoms with Crippen LogP contribution in [0.3, 0.4) is 0 Å². The summed E-state index contributed by atoms with van der Waals surface area (Å²) in [6, 6.07) is 12.7. The van der Waals surface area contributed by atoms with Gasteiger partial charge in [-0.05, 0) is 37.3 Å². The number of aliphatic imine (C=N–C) groups is 1. The first-order valence-electron chi connectivity index (χ1n) is 7.06. The maximum absolute atomic E-state index is 11.5. The minimum absolute atomic E-state index is 0. The number of imidazole rings is 1. The van der Waals surface area contributed by atoms with Crippen LogP contribution in [0.4, 0.5) is 5.69 Å². The molecular weight excluding hydrogens is 363 g/mol. The number of benzene rings is 2. The first kappa shape index (κ1) is 20.5. The number of hydrogen-bond donors (Lipinski definition) is 2. The molecule has 3 N–H and O–H groups in total. The van der Waals surface area contributed by atoms with E-state index in [4.69, 9.17) is 5.73 Å². The van der Waals surface area contributed by atoms with E-state index >= 15 is 0 Å². The Hall–Kier alpha value is -2.57. The standard InChI is InChI=1S/C17H16N4O2.2ClH/c1-10(18)19-13-7-8-14-15(9-13)21-16(20-14)11-3-5-12(6-4-11)17(22)23-2;;/h3-9H,1-2H3,(H2,18,19)(H,20,21);2*1H. The molecule has 2 aromatic carbocycles. The van der Waals surface area contributed by atoms with Crippen LogP contribution in [0.15, 0.2) is 47.5 Å². The lowest BCUT2D eigenvalue weighted by molar-refractivity contribution is 0.0601. The highest BCUT2D eigenvalue weighted by Gasteiger charge is 2.08. The van der Waals surface area contributed by atoms with Gasteiger partial charge in [0.1, 0.15) is 5.82 Å². The van der Waals surface area contributed by atoms with Crippen molar-refractivity contribution in [2.24, 2.45) is 10.7 Å². The van der Waals surface area contributed by atoms with Gasteiger partial charge >= 0.3 is 5.97 Å². The monoisotopic (exact) mass is 380 g/mol. The quantitative estimate of drug-likeness (QED) is 0.409. The summed E-state index contributed by atoms with van der Waals surface area (Å²) < 4.78 is 4.69. The molecule has 0 aliphatic rings. The van der Waals surface area contributed by atoms with Crippen LogP contribution in [-0.4, -0.2) is 28.9 Å². The topological polar surface area (TPSA) is 93.4 Å². The maximum Gasteiger partial charge on any atom is 0.337 e. The molecule has 0 aliphatic carbocycles. The van der Waals surface area contributed by atoms with Crippen LogP contribution in [-0.2, 0) is 4.74 Å². The second-order valence-electron chi connectivity index (χ2n) is 5.11. The number of nitrogens with one attached hydrogen (secondary N) is 1. The zero-order valence-electron chi connectivity index (χ0n) is 13.6. The van der Waals surface area contributed by atoms with Crippen LogP contribution in [0.25, 0.3) is 22.4 Å². The van der Waals surface area contributed by atoms with Crippen LogP contribution in [0, 0.1) is 0 Å². The predicted octanol–water partition coefficient (Wildman–Crippen LogP) is 3.87. The number of rotatable bonds is 3. The van der Waals surface area contributed by atoms with Gasteiger partial charge in [0.2, 0.25) is 0 Å². The van der Waals surface area contributed by atoms with Gasteiger partial charge in [0, 0.05) is 5.56 Å². The fraction of sp³-hybridized carbons (Fsp3) is 0.118. The van der Waals surface area contributed by atoms with Crippen LogP contribution in [0.5, 0.6) is 0 Å². The number of methoxy groups -OCH3 is 1. The molecule has 1 heterocycles. The third-order valence-electron chi connectivity index (χ3n) is 3.35. The van der Waals surface area contributed by atoms with Crippen molar-refractivity contribution >= 4 is 53.3 Å². The highest BCUT2D eigenvalue weighted by Crippen LogP contribution is 2.24. The number of aromatic nitrogens is 2. The molecule has 8 heteroatoms. The van der Waals surface area contributed by atoms with Gasteiger partial charge in [-0.15, -0.1) is 24.8 Å². The Labute approximate surface area is 157 Å². The molecule has 1 aromatic heterocycles. The van der Waals surface area contributed by atoms with E-state index in [1.807, 2.05) is 30.3 Å². The van der Waals surface area contributed by atoms with Crippen molar-refractivity contribution in [2.45, 2.75) is 6.92 Å². The number of halogens is 2. The number of fused-ring (bicyclic) bond motifs is 1. The zero-order valence-corrected chi connectivity index (χ0v) is 15.3. The van der Waals surface area contributed by atoms with E-state index in [0.29, 0.717) is 11.4 Å². The lowest BCUT2D eigenvalue weighted by atomic mass is 10.1. The number of amidine groups is 1. The van der Waals surface area contributed by atoms with Crippen molar-refractivity contribution in [3.63, 3.8) is 0 Å². The van der Waals surface area contributed by atoms with Gasteiger partial charge in [0.15, 0.2) is 0 Å². The molecular formula is C17H18Cl2N4O2. The van der Waals surface area contributed by atoms with E-state index in [1.54, 1.807) is 19.1 Å². The minimum atomic E-state index is -0.360. The molecule has 0 saturated carbocycles. The summed E-state index contributed by atoms with van der Waals surface area (Å²) in [5.74, 6) is 0.866. The molecule has 0 atom stereocenters. The van der Waals surface area contributed by atoms with E-state index in [9.17, 15) is 4.79 Å². The van der Waals surface area contributed by atoms with Gasteiger partial charge in [0.25, 0.3) is 0 Å². The lowest BCUT2D eigenvalue weighted by Gasteiger charge is -2.00. The molecule has 132 valence electrons. The van der Waals surface area contributed by atoms with Gasteiger partial charge in [-0.3, -0.25) is 0 Å². The van der Waals surface area contributed by atoms with Gasteiger partial charge in [0.05, 0.1) is 35.2 Å². The Kier molecular flexibility index (Phi) is 6.97. The molecule has 0 saturated heterocycles. The average molecular weight is 381 g/mol. The van der Waals surface area contributed by atoms with Crippen molar-refractivity contribution in [2.75, 3.05) is 7.11 Å². The number of esters is 1. The van der Waals surface area contributed by atoms with Gasteiger partial charge < -0.3 is 15.5 Å². The molecule has 0 unspecified atom stereocenters. The molecule has 6 nitrogen and oxygen atoms in total. The number of nitrogens with zero attached hydrogens (tertiary/aromatic N) is 2. The Morgan fingerprint density at radius 2 is 1.84 bits per heavy atom. The molecule has 0 fully saturated rings. The van der Waals surface area contributed by atoms with Crippen molar-refractivity contribution in [3.8, 4) is 11.4 Å². The smallest absolute Gasteiger partial charge is 0.337 e. The summed E-state index contributed by atoms with van der Waals surface area (Å²) in [5.41, 5.74) is 9.47. The highest BCUT2D eigenvalue weighted by atomic mass is 35.5. The van der Waals surface area contributed by atoms with Gasteiger partial charge in [-0.1, -0.05) is 12.1 Å². The summed E-state index contributed by atoms with van der Waals surface area (Å²) in [4.78, 5) is 23.5. The first-order valence-corrected chi connectivity index (χ1v) is 7.06. The van der Waals surface area contributed by atoms with Crippen molar-refractivity contribution in [3.05, 3.63) is 48.0 Å². The SMILES string of the molecule is COC(=O)c1ccc(-c2nc3ccc(N=C(C)N)cc3[nH]2)cc1.Cl.Cl.